The number of benzene rings is 1. The molecule has 43 heavy (non-hydrogen) atoms. The van der Waals surface area contributed by atoms with E-state index in [1.54, 1.807) is 24.3 Å². The van der Waals surface area contributed by atoms with Crippen molar-refractivity contribution < 1.29 is 23.0 Å². The maximum atomic E-state index is 14.1. The van der Waals surface area contributed by atoms with Crippen LogP contribution in [0.5, 0.6) is 0 Å². The molecule has 2 saturated heterocycles. The third-order valence-electron chi connectivity index (χ3n) is 8.68. The Kier molecular flexibility index (Phi) is 9.74. The number of fused-ring (bicyclic) bond motifs is 1. The van der Waals surface area contributed by atoms with Crippen molar-refractivity contribution in [1.82, 2.24) is 30.2 Å². The number of imidazole rings is 1. The first-order valence-electron chi connectivity index (χ1n) is 15.6. The van der Waals surface area contributed by atoms with E-state index in [0.29, 0.717) is 74.2 Å². The summed E-state index contributed by atoms with van der Waals surface area (Å²) in [4.78, 5) is 28.5. The quantitative estimate of drug-likeness (QED) is 0.339. The van der Waals surface area contributed by atoms with Crippen LogP contribution in [-0.2, 0) is 20.7 Å². The molecule has 1 aliphatic carbocycles. The summed E-state index contributed by atoms with van der Waals surface area (Å²) < 4.78 is 41.4. The molecule has 1 aromatic carbocycles. The van der Waals surface area contributed by atoms with Gasteiger partial charge in [0.2, 0.25) is 5.91 Å². The first kappa shape index (κ1) is 29.8. The molecule has 10 nitrogen and oxygen atoms in total. The van der Waals surface area contributed by atoms with Crippen molar-refractivity contribution in [3.05, 3.63) is 42.0 Å². The van der Waals surface area contributed by atoms with Crippen LogP contribution in [0.4, 0.5) is 14.6 Å². The minimum Gasteiger partial charge on any atom is -0.378 e. The number of alkyl halides is 2. The van der Waals surface area contributed by atoms with E-state index in [9.17, 15) is 13.6 Å². The number of ether oxygens (including phenoxy) is 2. The Morgan fingerprint density at radius 1 is 1.07 bits per heavy atom. The maximum Gasteiger partial charge on any atom is 0.296 e. The third kappa shape index (κ3) is 7.30. The summed E-state index contributed by atoms with van der Waals surface area (Å²) in [5.41, 5.74) is 1.08. The van der Waals surface area contributed by atoms with Crippen LogP contribution in [0.25, 0.3) is 16.9 Å². The number of anilines is 1. The maximum absolute atomic E-state index is 14.1. The molecule has 0 spiro atoms. The predicted molar refractivity (Wildman–Crippen MR) is 159 cm³/mol. The largest absolute Gasteiger partial charge is 0.378 e. The first-order chi connectivity index (χ1) is 21.0. The van der Waals surface area contributed by atoms with Crippen molar-refractivity contribution in [3.8, 4) is 5.82 Å². The molecule has 3 aromatic rings. The number of aromatic nitrogens is 4. The van der Waals surface area contributed by atoms with Crippen molar-refractivity contribution in [2.24, 2.45) is 5.92 Å². The van der Waals surface area contributed by atoms with Crippen LogP contribution in [0, 0.1) is 5.92 Å². The highest BCUT2D eigenvalue weighted by Gasteiger charge is 2.27. The second-order valence-electron chi connectivity index (χ2n) is 11.7. The fourth-order valence-corrected chi connectivity index (χ4v) is 6.33. The van der Waals surface area contributed by atoms with Crippen LogP contribution in [0.15, 0.2) is 30.3 Å². The molecule has 6 rings (SSSR count). The number of nitrogens with zero attached hydrogens (tertiary/aromatic N) is 5. The van der Waals surface area contributed by atoms with Gasteiger partial charge in [-0.2, -0.15) is 0 Å². The van der Waals surface area contributed by atoms with Gasteiger partial charge in [0.15, 0.2) is 5.82 Å². The Morgan fingerprint density at radius 3 is 2.63 bits per heavy atom. The van der Waals surface area contributed by atoms with Gasteiger partial charge < -0.3 is 25.0 Å². The third-order valence-corrected chi connectivity index (χ3v) is 8.68. The van der Waals surface area contributed by atoms with E-state index in [-0.39, 0.29) is 29.8 Å². The molecule has 2 N–H and O–H groups in total. The van der Waals surface area contributed by atoms with Crippen molar-refractivity contribution in [2.75, 3.05) is 50.9 Å². The van der Waals surface area contributed by atoms with Gasteiger partial charge in [0, 0.05) is 44.8 Å². The Hall–Kier alpha value is -3.22. The lowest BCUT2D eigenvalue weighted by atomic mass is 9.91. The monoisotopic (exact) mass is 597 g/mol. The average Bonchev–Trinajstić information content (AvgIpc) is 3.45. The number of aryl methyl sites for hydroxylation is 1. The molecule has 12 heteroatoms. The second kappa shape index (κ2) is 14.0. The van der Waals surface area contributed by atoms with E-state index in [2.05, 4.69) is 20.5 Å². The van der Waals surface area contributed by atoms with Crippen LogP contribution < -0.4 is 15.5 Å². The van der Waals surface area contributed by atoms with Gasteiger partial charge in [-0.25, -0.2) is 23.7 Å². The summed E-state index contributed by atoms with van der Waals surface area (Å²) in [6.07, 6.45) is 4.41. The number of hydrogen-bond donors (Lipinski definition) is 2. The molecule has 2 aliphatic heterocycles. The standard InChI is InChI=1S/C31H41F2N7O3/c32-29(33)30-36-24-6-1-2-7-25(24)40(30)28-19-27(39-14-17-42-18-15-39)37-26(38-28)8-4-16-43-23-11-9-22(10-12-23)35-31(41)21-5-3-13-34-20-21/h1-2,6-7,19,21-23,29,34H,3-5,8-18,20H2,(H,35,41)/t21-,22?,23?/m1/s1. The van der Waals surface area contributed by atoms with E-state index >= 15 is 0 Å². The average molecular weight is 598 g/mol. The van der Waals surface area contributed by atoms with Crippen LogP contribution in [-0.4, -0.2) is 83.6 Å². The topological polar surface area (TPSA) is 106 Å². The summed E-state index contributed by atoms with van der Waals surface area (Å²) in [6, 6.07) is 9.11. The number of nitrogens with one attached hydrogen (secondary N) is 2. The summed E-state index contributed by atoms with van der Waals surface area (Å²) >= 11 is 0. The van der Waals surface area contributed by atoms with Gasteiger partial charge in [0.1, 0.15) is 17.5 Å². The van der Waals surface area contributed by atoms with Gasteiger partial charge in [-0.3, -0.25) is 9.36 Å². The molecule has 0 radical (unpaired) electrons. The molecule has 0 bridgehead atoms. The minimum atomic E-state index is -2.75. The summed E-state index contributed by atoms with van der Waals surface area (Å²) in [5.74, 6) is 1.61. The number of halogens is 2. The van der Waals surface area contributed by atoms with Crippen LogP contribution >= 0.6 is 0 Å². The van der Waals surface area contributed by atoms with Crippen molar-refractivity contribution in [1.29, 1.82) is 0 Å². The molecule has 3 fully saturated rings. The first-order valence-corrected chi connectivity index (χ1v) is 15.6. The molecule has 1 amide bonds. The number of rotatable bonds is 10. The molecular formula is C31H41F2N7O3. The highest BCUT2D eigenvalue weighted by atomic mass is 19.3. The SMILES string of the molecule is O=C(NC1CCC(OCCCc2nc(N3CCOCC3)cc(-n3c(C(F)F)nc4ccccc43)n2)CC1)[C@@H]1CCCNC1. The summed E-state index contributed by atoms with van der Waals surface area (Å²) in [7, 11) is 0. The van der Waals surface area contributed by atoms with E-state index in [0.717, 1.165) is 51.6 Å². The van der Waals surface area contributed by atoms with Crippen molar-refractivity contribution >= 4 is 22.8 Å². The number of para-hydroxylation sites is 2. The molecule has 2 aromatic heterocycles. The van der Waals surface area contributed by atoms with Gasteiger partial charge in [0.05, 0.1) is 36.3 Å². The van der Waals surface area contributed by atoms with Gasteiger partial charge in [-0.15, -0.1) is 0 Å². The zero-order chi connectivity index (χ0) is 29.6. The number of carbonyl (C=O) groups excluding carboxylic acids is 1. The lowest BCUT2D eigenvalue weighted by Crippen LogP contribution is -2.46. The normalized spacial score (nSPS) is 23.1. The zero-order valence-corrected chi connectivity index (χ0v) is 24.5. The van der Waals surface area contributed by atoms with Gasteiger partial charge >= 0.3 is 0 Å². The Bertz CT molecular complexity index is 1370. The zero-order valence-electron chi connectivity index (χ0n) is 24.5. The lowest BCUT2D eigenvalue weighted by Gasteiger charge is -2.31. The number of piperidine rings is 1. The van der Waals surface area contributed by atoms with Gasteiger partial charge in [-0.05, 0) is 63.6 Å². The predicted octanol–water partition coefficient (Wildman–Crippen LogP) is 3.97. The fourth-order valence-electron chi connectivity index (χ4n) is 6.33. The molecule has 232 valence electrons. The molecular weight excluding hydrogens is 556 g/mol. The van der Waals surface area contributed by atoms with E-state index in [1.165, 1.54) is 4.57 Å². The number of morpholine rings is 1. The summed E-state index contributed by atoms with van der Waals surface area (Å²) in [5, 5.41) is 6.57. The lowest BCUT2D eigenvalue weighted by molar-refractivity contribution is -0.126. The molecule has 1 atom stereocenters. The van der Waals surface area contributed by atoms with Crippen molar-refractivity contribution in [3.63, 3.8) is 0 Å². The molecule has 3 aliphatic rings. The molecule has 0 unspecified atom stereocenters. The Balaban J connectivity index is 1.08. The Labute approximate surface area is 250 Å². The van der Waals surface area contributed by atoms with Crippen LogP contribution in [0.2, 0.25) is 0 Å². The molecule has 1 saturated carbocycles. The van der Waals surface area contributed by atoms with E-state index in [4.69, 9.17) is 19.4 Å². The Morgan fingerprint density at radius 2 is 1.86 bits per heavy atom. The van der Waals surface area contributed by atoms with E-state index < -0.39 is 6.43 Å². The highest BCUT2D eigenvalue weighted by Crippen LogP contribution is 2.29. The van der Waals surface area contributed by atoms with Crippen molar-refractivity contribution in [2.45, 2.75) is 69.9 Å². The summed E-state index contributed by atoms with van der Waals surface area (Å²) in [6.45, 7) is 4.85. The number of hydrogen-bond acceptors (Lipinski definition) is 8. The number of amides is 1. The smallest absolute Gasteiger partial charge is 0.296 e. The molecule has 4 heterocycles. The van der Waals surface area contributed by atoms with Crippen LogP contribution in [0.1, 0.15) is 63.0 Å². The van der Waals surface area contributed by atoms with E-state index in [1.807, 2.05) is 6.07 Å². The van der Waals surface area contributed by atoms with Gasteiger partial charge in [-0.1, -0.05) is 12.1 Å². The fraction of sp³-hybridized carbons (Fsp3) is 0.613. The second-order valence-corrected chi connectivity index (χ2v) is 11.7. The minimum absolute atomic E-state index is 0.0849. The highest BCUT2D eigenvalue weighted by molar-refractivity contribution is 5.79. The number of carbonyl (C=O) groups is 1. The van der Waals surface area contributed by atoms with Crippen LogP contribution in [0.3, 0.4) is 0 Å². The van der Waals surface area contributed by atoms with Gasteiger partial charge in [0.25, 0.3) is 6.43 Å².